The van der Waals surface area contributed by atoms with Crippen molar-refractivity contribution >= 4 is 27.5 Å². The highest BCUT2D eigenvalue weighted by molar-refractivity contribution is 7.93. The summed E-state index contributed by atoms with van der Waals surface area (Å²) in [5.41, 5.74) is 2.23. The molecule has 45 heavy (non-hydrogen) atoms. The Kier molecular flexibility index (Phi) is 10.2. The smallest absolute Gasteiger partial charge is 0.410 e. The third-order valence-corrected chi connectivity index (χ3v) is 12.4. The Morgan fingerprint density at radius 1 is 0.978 bits per heavy atom. The summed E-state index contributed by atoms with van der Waals surface area (Å²) in [6, 6.07) is 5.19. The number of hydrogen-bond acceptors (Lipinski definition) is 9. The largest absolute Gasteiger partial charge is 0.495 e. The molecule has 5 rings (SSSR count). The van der Waals surface area contributed by atoms with E-state index in [4.69, 9.17) is 19.0 Å². The number of nitrogens with zero attached hydrogens (tertiary/aromatic N) is 1. The molecule has 4 fully saturated rings. The highest BCUT2D eigenvalue weighted by Gasteiger charge is 2.61. The molecule has 1 aromatic carbocycles. The van der Waals surface area contributed by atoms with E-state index in [0.717, 1.165) is 44.2 Å². The number of benzene rings is 1. The average Bonchev–Trinajstić information content (AvgIpc) is 3.41. The van der Waals surface area contributed by atoms with Crippen LogP contribution in [0.2, 0.25) is 0 Å². The van der Waals surface area contributed by atoms with Gasteiger partial charge in [0.05, 0.1) is 17.7 Å². The fourth-order valence-corrected chi connectivity index (χ4v) is 9.49. The second-order valence-electron chi connectivity index (χ2n) is 14.3. The normalized spacial score (nSPS) is 26.0. The maximum atomic E-state index is 14.7. The molecule has 1 aromatic rings. The Bertz CT molecular complexity index is 1310. The molecule has 2 amide bonds. The van der Waals surface area contributed by atoms with E-state index in [2.05, 4.69) is 10.8 Å². The number of likely N-dealkylation sites (tertiary alicyclic amines) is 1. The summed E-state index contributed by atoms with van der Waals surface area (Å²) in [7, 11) is -2.68. The highest BCUT2D eigenvalue weighted by atomic mass is 32.2. The molecule has 2 aliphatic heterocycles. The molecular weight excluding hydrogens is 598 g/mol. The fraction of sp³-hybridized carbons (Fsp3) is 0.758. The summed E-state index contributed by atoms with van der Waals surface area (Å²) in [5.74, 6) is -0.242. The van der Waals surface area contributed by atoms with Crippen molar-refractivity contribution in [1.82, 2.24) is 10.4 Å². The molecule has 2 heterocycles. The van der Waals surface area contributed by atoms with E-state index in [1.807, 2.05) is 20.8 Å². The molecular formula is C33H51N3O8S. The van der Waals surface area contributed by atoms with Crippen molar-refractivity contribution in [2.24, 2.45) is 5.41 Å². The fourth-order valence-electron chi connectivity index (χ4n) is 7.38. The number of sulfone groups is 1. The number of hydrogen-bond donors (Lipinski definition) is 2. The number of nitrogens with one attached hydrogen (secondary N) is 2. The van der Waals surface area contributed by atoms with Crippen molar-refractivity contribution < 1.29 is 37.1 Å². The number of hydroxylamine groups is 1. The van der Waals surface area contributed by atoms with Crippen molar-refractivity contribution in [2.45, 2.75) is 132 Å². The maximum Gasteiger partial charge on any atom is 0.410 e. The standard InChI is InChI=1S/C33H51N3O8S/c1-31(2,3)43-30(38)36-19-17-32(18-20-36)15-16-33(23-32,29(37)35-44-28-12-8-9-21-42-28)45(39,40)25-13-14-26(27(22-25)41-4)34-24-10-6-5-7-11-24/h13-14,22,24,28,34H,5-12,15-21,23H2,1-4H3,(H,35,37). The van der Waals surface area contributed by atoms with Gasteiger partial charge in [-0.3, -0.25) is 4.79 Å². The third kappa shape index (κ3) is 7.54. The van der Waals surface area contributed by atoms with Gasteiger partial charge in [0.1, 0.15) is 11.4 Å². The molecule has 12 heteroatoms. The molecule has 2 saturated carbocycles. The molecule has 0 aromatic heterocycles. The molecule has 0 radical (unpaired) electrons. The van der Waals surface area contributed by atoms with Gasteiger partial charge in [0.25, 0.3) is 5.91 Å². The van der Waals surface area contributed by atoms with Crippen LogP contribution in [0, 0.1) is 5.41 Å². The summed E-state index contributed by atoms with van der Waals surface area (Å²) in [4.78, 5) is 34.2. The average molecular weight is 650 g/mol. The first-order valence-electron chi connectivity index (χ1n) is 16.6. The van der Waals surface area contributed by atoms with E-state index >= 15 is 0 Å². The summed E-state index contributed by atoms with van der Waals surface area (Å²) in [6.07, 6.45) is 9.12. The number of piperidine rings is 1. The number of carbonyl (C=O) groups is 2. The summed E-state index contributed by atoms with van der Waals surface area (Å²) >= 11 is 0. The lowest BCUT2D eigenvalue weighted by Crippen LogP contribution is -2.53. The number of anilines is 1. The lowest BCUT2D eigenvalue weighted by Gasteiger charge is -2.40. The lowest BCUT2D eigenvalue weighted by atomic mass is 9.76. The van der Waals surface area contributed by atoms with Crippen LogP contribution in [0.3, 0.4) is 0 Å². The molecule has 2 unspecified atom stereocenters. The van der Waals surface area contributed by atoms with Crippen molar-refractivity contribution in [3.05, 3.63) is 18.2 Å². The van der Waals surface area contributed by atoms with E-state index in [0.29, 0.717) is 57.2 Å². The quantitative estimate of drug-likeness (QED) is 0.339. The zero-order chi connectivity index (χ0) is 32.3. The van der Waals surface area contributed by atoms with Crippen LogP contribution in [0.15, 0.2) is 23.1 Å². The molecule has 11 nitrogen and oxygen atoms in total. The van der Waals surface area contributed by atoms with Gasteiger partial charge in [-0.05, 0) is 96.1 Å². The van der Waals surface area contributed by atoms with E-state index < -0.39 is 37.8 Å². The number of rotatable bonds is 8. The SMILES string of the molecule is COc1cc(S(=O)(=O)C2(C(=O)NOC3CCCCO3)CCC3(CCN(C(=O)OC(C)(C)C)CC3)C2)ccc1NC1CCCCC1. The van der Waals surface area contributed by atoms with Gasteiger partial charge in [0.15, 0.2) is 20.9 Å². The molecule has 2 aliphatic carbocycles. The van der Waals surface area contributed by atoms with Crippen LogP contribution in [-0.2, 0) is 28.9 Å². The zero-order valence-electron chi connectivity index (χ0n) is 27.3. The van der Waals surface area contributed by atoms with Crippen LogP contribution in [0.5, 0.6) is 5.75 Å². The molecule has 4 aliphatic rings. The van der Waals surface area contributed by atoms with E-state index in [-0.39, 0.29) is 23.8 Å². The minimum absolute atomic E-state index is 0.0425. The molecule has 2 atom stereocenters. The molecule has 252 valence electrons. The van der Waals surface area contributed by atoms with Crippen molar-refractivity contribution in [3.63, 3.8) is 0 Å². The van der Waals surface area contributed by atoms with Crippen LogP contribution >= 0.6 is 0 Å². The Labute approximate surface area is 267 Å². The second kappa shape index (κ2) is 13.7. The maximum absolute atomic E-state index is 14.7. The van der Waals surface area contributed by atoms with Gasteiger partial charge < -0.3 is 24.4 Å². The Balaban J connectivity index is 1.39. The van der Waals surface area contributed by atoms with Gasteiger partial charge in [-0.25, -0.2) is 23.5 Å². The van der Waals surface area contributed by atoms with E-state index in [9.17, 15) is 18.0 Å². The van der Waals surface area contributed by atoms with Gasteiger partial charge in [0, 0.05) is 38.2 Å². The van der Waals surface area contributed by atoms with Crippen molar-refractivity contribution in [3.8, 4) is 5.75 Å². The Hall–Kier alpha value is -2.57. The molecule has 1 spiro atoms. The van der Waals surface area contributed by atoms with Gasteiger partial charge in [0.2, 0.25) is 0 Å². The summed E-state index contributed by atoms with van der Waals surface area (Å²) in [5, 5.41) is 3.54. The van der Waals surface area contributed by atoms with Crippen LogP contribution < -0.4 is 15.5 Å². The van der Waals surface area contributed by atoms with Gasteiger partial charge in [-0.1, -0.05) is 19.3 Å². The second-order valence-corrected chi connectivity index (χ2v) is 16.6. The number of ether oxygens (including phenoxy) is 3. The first-order valence-corrected chi connectivity index (χ1v) is 18.1. The molecule has 0 bridgehead atoms. The minimum Gasteiger partial charge on any atom is -0.495 e. The molecule has 2 N–H and O–H groups in total. The first-order chi connectivity index (χ1) is 21.4. The highest BCUT2D eigenvalue weighted by Crippen LogP contribution is 2.55. The number of carbonyl (C=O) groups excluding carboxylic acids is 2. The van der Waals surface area contributed by atoms with Crippen LogP contribution in [0.4, 0.5) is 10.5 Å². The number of amides is 2. The minimum atomic E-state index is -4.21. The van der Waals surface area contributed by atoms with Crippen molar-refractivity contribution in [2.75, 3.05) is 32.1 Å². The zero-order valence-corrected chi connectivity index (χ0v) is 28.1. The van der Waals surface area contributed by atoms with E-state index in [1.54, 1.807) is 17.0 Å². The monoisotopic (exact) mass is 649 g/mol. The van der Waals surface area contributed by atoms with Crippen molar-refractivity contribution in [1.29, 1.82) is 0 Å². The topological polar surface area (TPSA) is 132 Å². The Morgan fingerprint density at radius 3 is 2.33 bits per heavy atom. The molecule has 2 saturated heterocycles. The van der Waals surface area contributed by atoms with Gasteiger partial charge in [-0.15, -0.1) is 0 Å². The predicted octanol–water partition coefficient (Wildman–Crippen LogP) is 5.73. The van der Waals surface area contributed by atoms with Crippen LogP contribution in [0.1, 0.15) is 104 Å². The van der Waals surface area contributed by atoms with Gasteiger partial charge in [-0.2, -0.15) is 0 Å². The van der Waals surface area contributed by atoms with Gasteiger partial charge >= 0.3 is 6.09 Å². The number of methoxy groups -OCH3 is 1. The lowest BCUT2D eigenvalue weighted by molar-refractivity contribution is -0.201. The van der Waals surface area contributed by atoms with Crippen LogP contribution in [0.25, 0.3) is 0 Å². The Morgan fingerprint density at radius 2 is 1.69 bits per heavy atom. The predicted molar refractivity (Wildman–Crippen MR) is 170 cm³/mol. The van der Waals surface area contributed by atoms with E-state index in [1.165, 1.54) is 19.6 Å². The first kappa shape index (κ1) is 33.8. The summed E-state index contributed by atoms with van der Waals surface area (Å²) in [6.45, 7) is 6.91. The van der Waals surface area contributed by atoms with Crippen LogP contribution in [-0.4, -0.2) is 74.8 Å². The third-order valence-electron chi connectivity index (χ3n) is 9.99. The summed E-state index contributed by atoms with van der Waals surface area (Å²) < 4.78 is 44.4.